The lowest BCUT2D eigenvalue weighted by Crippen LogP contribution is -2.20. The van der Waals surface area contributed by atoms with Crippen LogP contribution in [-0.4, -0.2) is 70.7 Å². The Morgan fingerprint density at radius 1 is 0.204 bits per heavy atom. The molecule has 0 saturated carbocycles. The van der Waals surface area contributed by atoms with Gasteiger partial charge in [0.15, 0.2) is 0 Å². The minimum atomic E-state index is -3.95. The summed E-state index contributed by atoms with van der Waals surface area (Å²) in [7, 11) is -3.95. The van der Waals surface area contributed by atoms with E-state index in [1.807, 2.05) is 36.4 Å². The Hall–Kier alpha value is -4.52. The van der Waals surface area contributed by atoms with Crippen molar-refractivity contribution in [2.75, 3.05) is 59.5 Å². The van der Waals surface area contributed by atoms with E-state index in [1.54, 1.807) is 0 Å². The first-order valence-electron chi connectivity index (χ1n) is 48.7. The van der Waals surface area contributed by atoms with Crippen LogP contribution in [0.15, 0.2) is 51.1 Å². The third-order valence-electron chi connectivity index (χ3n) is 22.1. The number of benzene rings is 3. The smallest absolute Gasteiger partial charge is 0.493 e. The number of ether oxygens (including phenoxy) is 9. The van der Waals surface area contributed by atoms with Crippen LogP contribution in [0.4, 0.5) is 4.79 Å². The number of carboxylic acid groups (broad SMARTS) is 1. The predicted octanol–water partition coefficient (Wildman–Crippen LogP) is 33.7. The average Bonchev–Trinajstić information content (AvgIpc) is 0.706. The van der Waals surface area contributed by atoms with Gasteiger partial charge in [0.2, 0.25) is 0 Å². The number of hydrogen-bond acceptors (Lipinski definition) is 11. The maximum absolute atomic E-state index is 15.4. The van der Waals surface area contributed by atoms with Gasteiger partial charge in [0.25, 0.3) is 0 Å². The minimum Gasteiger partial charge on any atom is -0.493 e. The molecule has 0 amide bonds. The molecule has 1 N–H and O–H groups in total. The highest BCUT2D eigenvalue weighted by Crippen LogP contribution is 2.81. The van der Waals surface area contributed by atoms with Crippen molar-refractivity contribution in [3.63, 3.8) is 0 Å². The Morgan fingerprint density at radius 2 is 0.327 bits per heavy atom. The molecule has 0 aliphatic heterocycles. The Labute approximate surface area is 698 Å². The summed E-state index contributed by atoms with van der Waals surface area (Å²) < 4.78 is 73.9. The molecule has 13 heteroatoms. The van der Waals surface area contributed by atoms with E-state index in [0.717, 1.165) is 173 Å². The van der Waals surface area contributed by atoms with Gasteiger partial charge in [-0.05, 0) is 57.8 Å². The zero-order valence-electron chi connectivity index (χ0n) is 75.2. The molecule has 0 radical (unpaired) electrons. The molecule has 0 saturated heterocycles. The summed E-state index contributed by atoms with van der Waals surface area (Å²) in [4.78, 5) is 16.7. The Kier molecular flexibility index (Phi) is 67.1. The Balaban J connectivity index is 2.89. The van der Waals surface area contributed by atoms with Crippen molar-refractivity contribution in [3.05, 3.63) is 36.4 Å². The standard InChI is InChI=1S/C100H178O12S/c1-10-19-28-37-46-55-64-73-103-88-82-91(106-76-67-58-49-40-31-22-13-4)97(92(83-88)107-77-68-59-50-41-32-23-14-5)113(112-100(101)102,98-93(108-78-69-60-51-42-33-24-15-6)84-89(104-74-65-56-47-38-29-20-11-2)85-94(98)109-79-70-61-52-43-34-25-16-7)99-95(110-80-71-62-53-44-35-26-17-8)86-90(105-75-66-57-48-39-30-21-12-3)87-96(99)111-81-72-63-54-45-36-27-18-9/h82-87H,10-81H2,1-9H3,(H,101,102). The predicted molar refractivity (Wildman–Crippen MR) is 482 cm³/mol. The Morgan fingerprint density at radius 3 is 0.460 bits per heavy atom. The summed E-state index contributed by atoms with van der Waals surface area (Å²) in [5, 5.41) is 12.5. The highest BCUT2D eigenvalue weighted by atomic mass is 32.3. The third-order valence-corrected chi connectivity index (χ3v) is 25.4. The zero-order chi connectivity index (χ0) is 81.2. The highest BCUT2D eigenvalue weighted by molar-refractivity contribution is 8.30. The van der Waals surface area contributed by atoms with Gasteiger partial charge in [0.05, 0.1) is 59.5 Å². The van der Waals surface area contributed by atoms with Gasteiger partial charge in [-0.15, -0.1) is 0 Å². The van der Waals surface area contributed by atoms with Gasteiger partial charge in [-0.1, -0.05) is 409 Å². The fourth-order valence-corrected chi connectivity index (χ4v) is 18.6. The Bertz CT molecular complexity index is 2250. The number of unbranched alkanes of at least 4 members (excludes halogenated alkanes) is 54. The van der Waals surface area contributed by atoms with E-state index in [4.69, 9.17) is 46.8 Å². The summed E-state index contributed by atoms with van der Waals surface area (Å²) in [6.45, 7) is 24.2. The molecule has 12 nitrogen and oxygen atoms in total. The molecule has 3 aromatic carbocycles. The van der Waals surface area contributed by atoms with Crippen LogP contribution in [0.2, 0.25) is 0 Å². The van der Waals surface area contributed by atoms with Crippen LogP contribution in [0.3, 0.4) is 0 Å². The van der Waals surface area contributed by atoms with Gasteiger partial charge >= 0.3 is 6.16 Å². The van der Waals surface area contributed by atoms with Gasteiger partial charge in [-0.25, -0.2) is 4.79 Å². The van der Waals surface area contributed by atoms with E-state index in [1.165, 1.54) is 231 Å². The van der Waals surface area contributed by atoms with Crippen molar-refractivity contribution >= 4 is 16.5 Å². The van der Waals surface area contributed by atoms with Crippen LogP contribution >= 0.6 is 10.3 Å². The highest BCUT2D eigenvalue weighted by Gasteiger charge is 2.50. The summed E-state index contributed by atoms with van der Waals surface area (Å²) in [5.41, 5.74) is 0. The van der Waals surface area contributed by atoms with Crippen molar-refractivity contribution in [2.24, 2.45) is 0 Å². The summed E-state index contributed by atoms with van der Waals surface area (Å²) in [6, 6.07) is 12.1. The number of hydrogen-bond donors (Lipinski definition) is 1. The molecule has 3 rings (SSSR count). The molecule has 656 valence electrons. The quantitative estimate of drug-likeness (QED) is 0.0540. The van der Waals surface area contributed by atoms with Gasteiger partial charge < -0.3 is 51.9 Å². The van der Waals surface area contributed by atoms with Gasteiger partial charge in [0.1, 0.15) is 66.4 Å². The van der Waals surface area contributed by atoms with E-state index in [2.05, 4.69) is 62.3 Å². The third kappa shape index (κ3) is 48.8. The second-order valence-corrected chi connectivity index (χ2v) is 35.4. The molecule has 3 aromatic rings. The summed E-state index contributed by atoms with van der Waals surface area (Å²) in [5.74, 6) is 4.42. The zero-order valence-corrected chi connectivity index (χ0v) is 76.0. The van der Waals surface area contributed by atoms with Crippen LogP contribution in [0.1, 0.15) is 467 Å². The second kappa shape index (κ2) is 73.8. The fraction of sp³-hybridized carbons (Fsp3) is 0.810. The molecule has 0 unspecified atom stereocenters. The number of carbonyl (C=O) groups is 1. The summed E-state index contributed by atoms with van der Waals surface area (Å²) in [6.07, 6.45) is 68.7. The van der Waals surface area contributed by atoms with Crippen LogP contribution < -0.4 is 42.6 Å². The molecule has 0 bridgehead atoms. The SMILES string of the molecule is CCCCCCCCCOc1cc(OCCCCCCCCC)c(S(OC(=O)O)(c2c(OCCCCCCCCC)cc(OCCCCCCCCC)cc2OCCCCCCCCC)c2c(OCCCCCCCCC)cc(OCCCCCCCCC)cc2OCCCCCCCCC)c(OCCCCCCCCC)c1. The molecular weight excluding hydrogens is 1430 g/mol. The molecule has 0 aliphatic rings. The average molecular weight is 1600 g/mol. The number of rotatable bonds is 85. The molecule has 0 atom stereocenters. The van der Waals surface area contributed by atoms with E-state index >= 15 is 4.79 Å². The second-order valence-electron chi connectivity index (χ2n) is 32.9. The van der Waals surface area contributed by atoms with Crippen molar-refractivity contribution < 1.29 is 56.7 Å². The first-order valence-corrected chi connectivity index (χ1v) is 50.2. The van der Waals surface area contributed by atoms with Crippen LogP contribution in [-0.2, 0) is 4.18 Å². The van der Waals surface area contributed by atoms with Crippen LogP contribution in [0, 0.1) is 0 Å². The molecule has 0 heterocycles. The van der Waals surface area contributed by atoms with Gasteiger partial charge in [-0.2, -0.15) is 0 Å². The van der Waals surface area contributed by atoms with E-state index < -0.39 is 16.5 Å². The molecule has 0 aromatic heterocycles. The fourth-order valence-electron chi connectivity index (χ4n) is 15.1. The first-order chi connectivity index (χ1) is 55.7. The lowest BCUT2D eigenvalue weighted by Gasteiger charge is -2.43. The molecular formula is C100H178O12S. The van der Waals surface area contributed by atoms with Crippen molar-refractivity contribution in [1.82, 2.24) is 0 Å². The monoisotopic (exact) mass is 1600 g/mol. The molecule has 0 aliphatic carbocycles. The normalized spacial score (nSPS) is 11.7. The van der Waals surface area contributed by atoms with Gasteiger partial charge in [-0.3, -0.25) is 0 Å². The molecule has 0 spiro atoms. The summed E-state index contributed by atoms with van der Waals surface area (Å²) >= 11 is 0. The maximum Gasteiger partial charge on any atom is 0.517 e. The van der Waals surface area contributed by atoms with Crippen molar-refractivity contribution in [1.29, 1.82) is 0 Å². The van der Waals surface area contributed by atoms with E-state index in [9.17, 15) is 5.11 Å². The first kappa shape index (κ1) is 103. The lowest BCUT2D eigenvalue weighted by atomic mass is 10.1. The van der Waals surface area contributed by atoms with Crippen molar-refractivity contribution in [3.8, 4) is 51.7 Å². The van der Waals surface area contributed by atoms with Gasteiger partial charge in [0, 0.05) is 46.7 Å². The van der Waals surface area contributed by atoms with Crippen LogP contribution in [0.5, 0.6) is 51.7 Å². The molecule has 0 fully saturated rings. The molecule has 113 heavy (non-hydrogen) atoms. The lowest BCUT2D eigenvalue weighted by molar-refractivity contribution is 0.149. The van der Waals surface area contributed by atoms with Crippen molar-refractivity contribution in [2.45, 2.75) is 482 Å². The van der Waals surface area contributed by atoms with E-state index in [0.29, 0.717) is 126 Å². The van der Waals surface area contributed by atoms with Crippen LogP contribution in [0.25, 0.3) is 0 Å². The largest absolute Gasteiger partial charge is 0.517 e. The topological polar surface area (TPSA) is 130 Å². The minimum absolute atomic E-state index is 0.366. The van der Waals surface area contributed by atoms with E-state index in [-0.39, 0.29) is 0 Å². The maximum atomic E-state index is 15.4.